The highest BCUT2D eigenvalue weighted by atomic mass is 16.3. The highest BCUT2D eigenvalue weighted by Gasteiger charge is 2.31. The summed E-state index contributed by atoms with van der Waals surface area (Å²) < 4.78 is 0. The lowest BCUT2D eigenvalue weighted by Crippen LogP contribution is -2.42. The lowest BCUT2D eigenvalue weighted by molar-refractivity contribution is 0.105. The zero-order valence-corrected chi connectivity index (χ0v) is 11.6. The van der Waals surface area contributed by atoms with Crippen LogP contribution in [0.4, 0.5) is 0 Å². The van der Waals surface area contributed by atoms with Crippen LogP contribution >= 0.6 is 0 Å². The van der Waals surface area contributed by atoms with Crippen molar-refractivity contribution < 1.29 is 5.11 Å². The number of nitrogens with zero attached hydrogens (tertiary/aromatic N) is 2. The minimum Gasteiger partial charge on any atom is -0.393 e. The molecular formula is C15H28N2O. The largest absolute Gasteiger partial charge is 0.393 e. The maximum atomic E-state index is 9.64. The Balaban J connectivity index is 1.40. The molecule has 18 heavy (non-hydrogen) atoms. The van der Waals surface area contributed by atoms with Gasteiger partial charge in [-0.25, -0.2) is 0 Å². The summed E-state index contributed by atoms with van der Waals surface area (Å²) in [6.45, 7) is 6.58. The molecule has 104 valence electrons. The summed E-state index contributed by atoms with van der Waals surface area (Å²) in [7, 11) is 0. The third-order valence-electron chi connectivity index (χ3n) is 5.26. The molecule has 0 aromatic rings. The molecular weight excluding hydrogens is 224 g/mol. The molecule has 0 radical (unpaired) electrons. The Morgan fingerprint density at radius 2 is 1.61 bits per heavy atom. The van der Waals surface area contributed by atoms with Crippen LogP contribution in [-0.4, -0.2) is 59.8 Å². The Hall–Kier alpha value is -0.120. The second-order valence-electron chi connectivity index (χ2n) is 6.61. The average Bonchev–Trinajstić information content (AvgIpc) is 3.02. The van der Waals surface area contributed by atoms with Gasteiger partial charge >= 0.3 is 0 Å². The van der Waals surface area contributed by atoms with Gasteiger partial charge in [0.1, 0.15) is 0 Å². The van der Waals surface area contributed by atoms with E-state index in [0.717, 1.165) is 18.8 Å². The lowest BCUT2D eigenvalue weighted by atomic mass is 9.95. The van der Waals surface area contributed by atoms with E-state index in [2.05, 4.69) is 9.80 Å². The first-order valence-corrected chi connectivity index (χ1v) is 7.96. The molecule has 0 bridgehead atoms. The Kier molecular flexibility index (Phi) is 4.22. The predicted octanol–water partition coefficient (Wildman–Crippen LogP) is 1.71. The summed E-state index contributed by atoms with van der Waals surface area (Å²) >= 11 is 0. The van der Waals surface area contributed by atoms with Crippen molar-refractivity contribution in [2.45, 2.75) is 57.1 Å². The van der Waals surface area contributed by atoms with E-state index in [1.807, 2.05) is 0 Å². The van der Waals surface area contributed by atoms with E-state index in [0.29, 0.717) is 6.04 Å². The minimum absolute atomic E-state index is 0.0164. The van der Waals surface area contributed by atoms with Crippen molar-refractivity contribution >= 4 is 0 Å². The van der Waals surface area contributed by atoms with Crippen LogP contribution < -0.4 is 0 Å². The molecule has 3 heteroatoms. The van der Waals surface area contributed by atoms with Gasteiger partial charge in [-0.05, 0) is 77.0 Å². The fraction of sp³-hybridized carbons (Fsp3) is 1.00. The maximum Gasteiger partial charge on any atom is 0.0555 e. The Labute approximate surface area is 111 Å². The third kappa shape index (κ3) is 3.06. The Morgan fingerprint density at radius 3 is 2.22 bits per heavy atom. The van der Waals surface area contributed by atoms with Crippen molar-refractivity contribution in [2.24, 2.45) is 5.92 Å². The summed E-state index contributed by atoms with van der Waals surface area (Å²) in [5, 5.41) is 9.64. The minimum atomic E-state index is -0.0164. The molecule has 2 aliphatic heterocycles. The molecule has 2 atom stereocenters. The average molecular weight is 252 g/mol. The highest BCUT2D eigenvalue weighted by Crippen LogP contribution is 2.28. The summed E-state index contributed by atoms with van der Waals surface area (Å²) in [6.07, 6.45) is 8.84. The molecule has 2 unspecified atom stereocenters. The van der Waals surface area contributed by atoms with Crippen molar-refractivity contribution in [3.8, 4) is 0 Å². The smallest absolute Gasteiger partial charge is 0.0555 e. The van der Waals surface area contributed by atoms with E-state index in [4.69, 9.17) is 0 Å². The molecule has 1 saturated carbocycles. The van der Waals surface area contributed by atoms with E-state index in [9.17, 15) is 5.11 Å². The van der Waals surface area contributed by atoms with Crippen molar-refractivity contribution in [1.29, 1.82) is 0 Å². The summed E-state index contributed by atoms with van der Waals surface area (Å²) in [4.78, 5) is 5.32. The predicted molar refractivity (Wildman–Crippen MR) is 73.6 cm³/mol. The third-order valence-corrected chi connectivity index (χ3v) is 5.26. The van der Waals surface area contributed by atoms with Gasteiger partial charge in [0.05, 0.1) is 6.10 Å². The van der Waals surface area contributed by atoms with Crippen LogP contribution in [0.1, 0.15) is 44.9 Å². The van der Waals surface area contributed by atoms with Gasteiger partial charge in [0.15, 0.2) is 0 Å². The fourth-order valence-electron chi connectivity index (χ4n) is 4.10. The SMILES string of the molecule is OC1CCC(N2CCC(CN3CCCC3)CC2)C1. The number of hydrogen-bond donors (Lipinski definition) is 1. The first-order valence-electron chi connectivity index (χ1n) is 7.96. The topological polar surface area (TPSA) is 26.7 Å². The molecule has 1 N–H and O–H groups in total. The second kappa shape index (κ2) is 5.89. The zero-order valence-electron chi connectivity index (χ0n) is 11.6. The fourth-order valence-corrected chi connectivity index (χ4v) is 4.10. The number of aliphatic hydroxyl groups excluding tert-OH is 1. The van der Waals surface area contributed by atoms with Gasteiger partial charge in [-0.15, -0.1) is 0 Å². The summed E-state index contributed by atoms with van der Waals surface area (Å²) in [6, 6.07) is 0.688. The normalized spacial score (nSPS) is 36.5. The van der Waals surface area contributed by atoms with Crippen molar-refractivity contribution in [3.63, 3.8) is 0 Å². The number of hydrogen-bond acceptors (Lipinski definition) is 3. The summed E-state index contributed by atoms with van der Waals surface area (Å²) in [5.41, 5.74) is 0. The molecule has 1 aliphatic carbocycles. The highest BCUT2D eigenvalue weighted by molar-refractivity contribution is 4.86. The number of likely N-dealkylation sites (tertiary alicyclic amines) is 2. The van der Waals surface area contributed by atoms with Gasteiger partial charge in [0.2, 0.25) is 0 Å². The molecule has 3 aliphatic rings. The Morgan fingerprint density at radius 1 is 0.889 bits per heavy atom. The molecule has 3 fully saturated rings. The number of aliphatic hydroxyl groups is 1. The second-order valence-corrected chi connectivity index (χ2v) is 6.61. The van der Waals surface area contributed by atoms with Crippen LogP contribution in [0.5, 0.6) is 0 Å². The first-order chi connectivity index (χ1) is 8.81. The van der Waals surface area contributed by atoms with E-state index >= 15 is 0 Å². The summed E-state index contributed by atoms with van der Waals surface area (Å²) in [5.74, 6) is 0.936. The molecule has 2 heterocycles. The van der Waals surface area contributed by atoms with Crippen LogP contribution in [-0.2, 0) is 0 Å². The van der Waals surface area contributed by atoms with Crippen molar-refractivity contribution in [3.05, 3.63) is 0 Å². The van der Waals surface area contributed by atoms with Gasteiger partial charge in [0, 0.05) is 12.6 Å². The van der Waals surface area contributed by atoms with Crippen LogP contribution in [0.3, 0.4) is 0 Å². The van der Waals surface area contributed by atoms with Crippen LogP contribution in [0.15, 0.2) is 0 Å². The molecule has 3 nitrogen and oxygen atoms in total. The van der Waals surface area contributed by atoms with Crippen LogP contribution in [0.25, 0.3) is 0 Å². The van der Waals surface area contributed by atoms with Crippen LogP contribution in [0, 0.1) is 5.92 Å². The van der Waals surface area contributed by atoms with Gasteiger partial charge in [-0.3, -0.25) is 0 Å². The lowest BCUT2D eigenvalue weighted by Gasteiger charge is -2.37. The molecule has 0 amide bonds. The van der Waals surface area contributed by atoms with Crippen molar-refractivity contribution in [1.82, 2.24) is 9.80 Å². The van der Waals surface area contributed by atoms with E-state index in [1.54, 1.807) is 0 Å². The standard InChI is InChI=1S/C15H28N2O/c18-15-4-3-14(11-15)17-9-5-13(6-10-17)12-16-7-1-2-8-16/h13-15,18H,1-12H2. The number of rotatable bonds is 3. The Bertz CT molecular complexity index is 257. The molecule has 0 aromatic carbocycles. The van der Waals surface area contributed by atoms with E-state index in [1.165, 1.54) is 64.8 Å². The van der Waals surface area contributed by atoms with E-state index < -0.39 is 0 Å². The molecule has 2 saturated heterocycles. The molecule has 0 aromatic heterocycles. The van der Waals surface area contributed by atoms with Gasteiger partial charge in [0.25, 0.3) is 0 Å². The van der Waals surface area contributed by atoms with Gasteiger partial charge < -0.3 is 14.9 Å². The monoisotopic (exact) mass is 252 g/mol. The van der Waals surface area contributed by atoms with Gasteiger partial charge in [-0.2, -0.15) is 0 Å². The van der Waals surface area contributed by atoms with E-state index in [-0.39, 0.29) is 6.10 Å². The molecule has 0 spiro atoms. The van der Waals surface area contributed by atoms with Crippen LogP contribution in [0.2, 0.25) is 0 Å². The maximum absolute atomic E-state index is 9.64. The number of piperidine rings is 1. The zero-order chi connectivity index (χ0) is 12.4. The molecule has 3 rings (SSSR count). The first kappa shape index (κ1) is 12.9. The van der Waals surface area contributed by atoms with Gasteiger partial charge in [-0.1, -0.05) is 0 Å². The quantitative estimate of drug-likeness (QED) is 0.828. The van der Waals surface area contributed by atoms with Crippen molar-refractivity contribution in [2.75, 3.05) is 32.7 Å².